The van der Waals surface area contributed by atoms with E-state index in [2.05, 4.69) is 19.8 Å². The summed E-state index contributed by atoms with van der Waals surface area (Å²) in [5.41, 5.74) is -0.556. The average molecular weight is 387 g/mol. The van der Waals surface area contributed by atoms with E-state index in [0.29, 0.717) is 12.0 Å². The Hall–Kier alpha value is -3.11. The smallest absolute Gasteiger partial charge is 0.433 e. The fraction of sp³-hybridized carbons (Fsp3) is 0.375. The summed E-state index contributed by atoms with van der Waals surface area (Å²) in [5.74, 6) is -1.12. The van der Waals surface area contributed by atoms with Crippen molar-refractivity contribution in [1.82, 2.24) is 15.1 Å². The third kappa shape index (κ3) is 7.75. The molecule has 0 aromatic carbocycles. The van der Waals surface area contributed by atoms with Gasteiger partial charge in [-0.25, -0.2) is 9.97 Å². The van der Waals surface area contributed by atoms with Crippen LogP contribution >= 0.6 is 0 Å². The van der Waals surface area contributed by atoms with Gasteiger partial charge in [-0.2, -0.15) is 13.2 Å². The van der Waals surface area contributed by atoms with Gasteiger partial charge in [-0.1, -0.05) is 11.6 Å². The van der Waals surface area contributed by atoms with Crippen LogP contribution in [0.25, 0.3) is 11.3 Å². The topological polar surface area (TPSA) is 106 Å². The number of aryl methyl sites for hydroxylation is 1. The second-order valence-electron chi connectivity index (χ2n) is 5.04. The molecule has 0 atom stereocenters. The van der Waals surface area contributed by atoms with E-state index in [1.165, 1.54) is 30.3 Å². The first-order chi connectivity index (χ1) is 12.7. The normalized spacial score (nSPS) is 10.6. The molecule has 2 rings (SSSR count). The average Bonchev–Trinajstić information content (AvgIpc) is 2.66. The molecular formula is C16H18F3N4O4+. The van der Waals surface area contributed by atoms with E-state index in [4.69, 9.17) is 5.11 Å². The van der Waals surface area contributed by atoms with Gasteiger partial charge in [0.25, 0.3) is 0 Å². The molecule has 8 nitrogen and oxygen atoms in total. The minimum Gasteiger partial charge on any atom is -0.481 e. The monoisotopic (exact) mass is 387 g/mol. The molecule has 2 aromatic heterocycles. The molecule has 0 aliphatic rings. The molecule has 27 heavy (non-hydrogen) atoms. The van der Waals surface area contributed by atoms with Gasteiger partial charge in [-0.15, -0.1) is 0 Å². The van der Waals surface area contributed by atoms with Gasteiger partial charge in [0.15, 0.2) is 12.7 Å². The molecule has 0 radical (unpaired) electrons. The van der Waals surface area contributed by atoms with Crippen LogP contribution in [0, 0.1) is 0 Å². The number of nitrogens with zero attached hydrogens (tertiary/aromatic N) is 4. The summed E-state index contributed by atoms with van der Waals surface area (Å²) in [7, 11) is 1.38. The van der Waals surface area contributed by atoms with Gasteiger partial charge in [-0.05, 0) is 11.2 Å². The number of esters is 1. The number of aliphatic carboxylic acids is 1. The van der Waals surface area contributed by atoms with Crippen molar-refractivity contribution < 1.29 is 37.3 Å². The number of ether oxygens (including phenoxy) is 1. The number of carboxylic acids is 1. The molecule has 0 aliphatic carbocycles. The van der Waals surface area contributed by atoms with Crippen LogP contribution in [0.4, 0.5) is 13.2 Å². The van der Waals surface area contributed by atoms with E-state index < -0.39 is 17.8 Å². The lowest BCUT2D eigenvalue weighted by atomic mass is 10.2. The highest BCUT2D eigenvalue weighted by atomic mass is 19.4. The fourth-order valence-electron chi connectivity index (χ4n) is 1.69. The Kier molecular flexibility index (Phi) is 8.24. The summed E-state index contributed by atoms with van der Waals surface area (Å²) in [5, 5.41) is 12.5. The number of halogens is 3. The molecule has 0 unspecified atom stereocenters. The van der Waals surface area contributed by atoms with Crippen molar-refractivity contribution in [3.63, 3.8) is 0 Å². The Bertz CT molecular complexity index is 761. The molecule has 1 N–H and O–H groups in total. The first kappa shape index (κ1) is 21.9. The van der Waals surface area contributed by atoms with Crippen molar-refractivity contribution in [1.29, 1.82) is 0 Å². The van der Waals surface area contributed by atoms with Gasteiger partial charge >= 0.3 is 18.1 Å². The lowest BCUT2D eigenvalue weighted by Gasteiger charge is -2.06. The van der Waals surface area contributed by atoms with E-state index in [1.807, 2.05) is 0 Å². The summed E-state index contributed by atoms with van der Waals surface area (Å²) in [4.78, 5) is 27.3. The predicted molar refractivity (Wildman–Crippen MR) is 85.0 cm³/mol. The van der Waals surface area contributed by atoms with Crippen LogP contribution in [0.2, 0.25) is 0 Å². The number of rotatable bonds is 5. The Morgan fingerprint density at radius 1 is 1.30 bits per heavy atom. The van der Waals surface area contributed by atoms with E-state index in [-0.39, 0.29) is 24.6 Å². The van der Waals surface area contributed by atoms with Crippen LogP contribution in [0.15, 0.2) is 30.9 Å². The largest absolute Gasteiger partial charge is 0.481 e. The number of alkyl halides is 3. The zero-order valence-electron chi connectivity index (χ0n) is 14.6. The quantitative estimate of drug-likeness (QED) is 0.617. The van der Waals surface area contributed by atoms with Crippen molar-refractivity contribution in [3.8, 4) is 11.3 Å². The predicted octanol–water partition coefficient (Wildman–Crippen LogP) is 1.89. The Labute approximate surface area is 152 Å². The SMILES string of the molecule is CCC(=O)OC.O=C(O)CC[n+]1ccc(-c2cc(C(F)(F)F)ncn2)cn1. The highest BCUT2D eigenvalue weighted by Crippen LogP contribution is 2.29. The molecule has 2 heterocycles. The molecule has 0 fully saturated rings. The van der Waals surface area contributed by atoms with Crippen molar-refractivity contribution >= 4 is 11.9 Å². The second kappa shape index (κ2) is 10.1. The molecule has 0 aliphatic heterocycles. The summed E-state index contributed by atoms with van der Waals surface area (Å²) in [6.07, 6.45) is -0.526. The Balaban J connectivity index is 0.000000527. The van der Waals surface area contributed by atoms with Gasteiger partial charge in [0, 0.05) is 18.1 Å². The number of hydrogen-bond donors (Lipinski definition) is 1. The Morgan fingerprint density at radius 2 is 2.00 bits per heavy atom. The van der Waals surface area contributed by atoms with Crippen molar-refractivity contribution in [3.05, 3.63) is 36.5 Å². The van der Waals surface area contributed by atoms with Gasteiger partial charge in [-0.3, -0.25) is 9.59 Å². The van der Waals surface area contributed by atoms with Crippen LogP contribution in [0.5, 0.6) is 0 Å². The van der Waals surface area contributed by atoms with E-state index in [1.54, 1.807) is 6.92 Å². The van der Waals surface area contributed by atoms with E-state index in [0.717, 1.165) is 12.4 Å². The molecule has 0 amide bonds. The number of carboxylic acid groups (broad SMARTS) is 1. The van der Waals surface area contributed by atoms with Crippen molar-refractivity contribution in [2.24, 2.45) is 0 Å². The van der Waals surface area contributed by atoms with Crippen LogP contribution in [0.1, 0.15) is 25.5 Å². The minimum atomic E-state index is -4.54. The maximum Gasteiger partial charge on any atom is 0.433 e. The van der Waals surface area contributed by atoms with Crippen molar-refractivity contribution in [2.45, 2.75) is 32.5 Å². The third-order valence-corrected chi connectivity index (χ3v) is 3.10. The van der Waals surface area contributed by atoms with E-state index in [9.17, 15) is 22.8 Å². The number of carbonyl (C=O) groups excluding carboxylic acids is 1. The highest BCUT2D eigenvalue weighted by Gasteiger charge is 2.32. The lowest BCUT2D eigenvalue weighted by molar-refractivity contribution is -0.752. The van der Waals surface area contributed by atoms with Gasteiger partial charge < -0.3 is 9.84 Å². The van der Waals surface area contributed by atoms with Gasteiger partial charge in [0.1, 0.15) is 24.6 Å². The number of hydrogen-bond acceptors (Lipinski definition) is 6. The fourth-order valence-corrected chi connectivity index (χ4v) is 1.69. The molecule has 0 saturated carbocycles. The van der Waals surface area contributed by atoms with Gasteiger partial charge in [0.2, 0.25) is 0 Å². The molecule has 2 aromatic rings. The van der Waals surface area contributed by atoms with Crippen molar-refractivity contribution in [2.75, 3.05) is 7.11 Å². The number of carbonyl (C=O) groups is 2. The summed E-state index contributed by atoms with van der Waals surface area (Å²) < 4.78 is 43.3. The minimum absolute atomic E-state index is 0.0928. The first-order valence-corrected chi connectivity index (χ1v) is 7.71. The van der Waals surface area contributed by atoms with E-state index >= 15 is 0 Å². The lowest BCUT2D eigenvalue weighted by Crippen LogP contribution is -2.38. The summed E-state index contributed by atoms with van der Waals surface area (Å²) >= 11 is 0. The molecule has 0 saturated heterocycles. The van der Waals surface area contributed by atoms with Crippen LogP contribution < -0.4 is 4.68 Å². The van der Waals surface area contributed by atoms with Gasteiger partial charge in [0.05, 0.1) is 12.8 Å². The Morgan fingerprint density at radius 3 is 2.44 bits per heavy atom. The maximum atomic E-state index is 12.6. The van der Waals surface area contributed by atoms with Crippen LogP contribution in [-0.2, 0) is 27.0 Å². The molecule has 11 heteroatoms. The molecular weight excluding hydrogens is 369 g/mol. The van der Waals surface area contributed by atoms with Crippen LogP contribution in [-0.4, -0.2) is 39.2 Å². The zero-order valence-corrected chi connectivity index (χ0v) is 14.6. The third-order valence-electron chi connectivity index (χ3n) is 3.10. The van der Waals surface area contributed by atoms with Crippen LogP contribution in [0.3, 0.4) is 0 Å². The standard InChI is InChI=1S/C12H9F3N4O2.C4H8O2/c13-12(14,15)10-5-9(16-7-17-10)8-1-3-19(18-6-8)4-2-11(20)21;1-3-4(5)6-2/h1,3,5-7H,2,4H2;3H2,1-2H3/p+1. The second-order valence-corrected chi connectivity index (χ2v) is 5.04. The highest BCUT2D eigenvalue weighted by molar-refractivity contribution is 5.68. The molecule has 0 spiro atoms. The summed E-state index contributed by atoms with van der Waals surface area (Å²) in [6, 6.07) is 2.34. The molecule has 146 valence electrons. The maximum absolute atomic E-state index is 12.6. The molecule has 0 bridgehead atoms. The zero-order chi connectivity index (χ0) is 20.4. The number of methoxy groups -OCH3 is 1. The summed E-state index contributed by atoms with van der Waals surface area (Å²) in [6.45, 7) is 1.93. The first-order valence-electron chi connectivity index (χ1n) is 7.71. The number of aromatic nitrogens is 4.